The number of hydrogen-bond donors (Lipinski definition) is 1. The minimum absolute atomic E-state index is 0.217. The molecule has 176 valence electrons. The van der Waals surface area contributed by atoms with Crippen molar-refractivity contribution in [2.45, 2.75) is 25.0 Å². The van der Waals surface area contributed by atoms with Crippen molar-refractivity contribution in [3.05, 3.63) is 80.8 Å². The molecule has 0 saturated carbocycles. The molecule has 34 heavy (non-hydrogen) atoms. The summed E-state index contributed by atoms with van der Waals surface area (Å²) >= 11 is 14.4. The van der Waals surface area contributed by atoms with E-state index >= 15 is 0 Å². The standard InChI is InChI=1S/C25H23Cl2FN4OS/c26-18-6-9-22(21(27)13-18)32-24-17(12-16-4-7-19(28)8-5-16)14-34-15-20(24)23(29-32)25(33)30-31-10-2-1-3-11-31/h4-9,12-13H,1-3,10-11,14-15H2,(H,30,33)/b17-12+. The average Bonchev–Trinajstić information content (AvgIpc) is 3.22. The summed E-state index contributed by atoms with van der Waals surface area (Å²) in [6.45, 7) is 1.67. The van der Waals surface area contributed by atoms with Crippen molar-refractivity contribution in [2.24, 2.45) is 0 Å². The molecule has 0 spiro atoms. The number of hydrazine groups is 1. The second kappa shape index (κ2) is 10.1. The van der Waals surface area contributed by atoms with Crippen LogP contribution in [0.1, 0.15) is 46.6 Å². The molecule has 1 saturated heterocycles. The zero-order valence-corrected chi connectivity index (χ0v) is 20.7. The van der Waals surface area contributed by atoms with E-state index in [1.54, 1.807) is 40.7 Å². The summed E-state index contributed by atoms with van der Waals surface area (Å²) in [5.41, 5.74) is 7.66. The molecule has 5 nitrogen and oxygen atoms in total. The van der Waals surface area contributed by atoms with Crippen molar-refractivity contribution in [2.75, 3.05) is 18.8 Å². The summed E-state index contributed by atoms with van der Waals surface area (Å²) in [5, 5.41) is 7.70. The van der Waals surface area contributed by atoms with Gasteiger partial charge in [-0.25, -0.2) is 14.1 Å². The third-order valence-corrected chi connectivity index (χ3v) is 7.52. The molecule has 0 atom stereocenters. The van der Waals surface area contributed by atoms with Gasteiger partial charge in [-0.15, -0.1) is 0 Å². The number of hydrogen-bond acceptors (Lipinski definition) is 4. The molecule has 3 heterocycles. The van der Waals surface area contributed by atoms with Crippen LogP contribution in [0.2, 0.25) is 10.0 Å². The largest absolute Gasteiger partial charge is 0.286 e. The molecule has 0 radical (unpaired) electrons. The van der Waals surface area contributed by atoms with Crippen molar-refractivity contribution < 1.29 is 9.18 Å². The lowest BCUT2D eigenvalue weighted by atomic mass is 10.0. The van der Waals surface area contributed by atoms with Gasteiger partial charge in [-0.3, -0.25) is 10.2 Å². The fraction of sp³-hybridized carbons (Fsp3) is 0.280. The Morgan fingerprint density at radius 1 is 1.06 bits per heavy atom. The number of amides is 1. The van der Waals surface area contributed by atoms with Gasteiger partial charge in [0.05, 0.1) is 16.4 Å². The van der Waals surface area contributed by atoms with Gasteiger partial charge in [-0.2, -0.15) is 16.9 Å². The van der Waals surface area contributed by atoms with Crippen LogP contribution in [0.25, 0.3) is 17.3 Å². The molecule has 2 aliphatic rings. The number of benzene rings is 2. The molecule has 2 aliphatic heterocycles. The van der Waals surface area contributed by atoms with Crippen molar-refractivity contribution in [1.82, 2.24) is 20.2 Å². The van der Waals surface area contributed by atoms with E-state index in [4.69, 9.17) is 28.3 Å². The first-order valence-electron chi connectivity index (χ1n) is 11.2. The van der Waals surface area contributed by atoms with E-state index in [-0.39, 0.29) is 11.7 Å². The zero-order valence-electron chi connectivity index (χ0n) is 18.4. The molecule has 0 unspecified atom stereocenters. The molecule has 2 aromatic carbocycles. The monoisotopic (exact) mass is 516 g/mol. The number of fused-ring (bicyclic) bond motifs is 1. The third kappa shape index (κ3) is 4.89. The molecule has 0 aliphatic carbocycles. The predicted octanol–water partition coefficient (Wildman–Crippen LogP) is 6.24. The first kappa shape index (κ1) is 23.4. The Morgan fingerprint density at radius 2 is 1.82 bits per heavy atom. The number of halogens is 3. The van der Waals surface area contributed by atoms with Crippen LogP contribution >= 0.6 is 35.0 Å². The summed E-state index contributed by atoms with van der Waals surface area (Å²) in [6.07, 6.45) is 5.32. The van der Waals surface area contributed by atoms with Crippen molar-refractivity contribution in [3.63, 3.8) is 0 Å². The van der Waals surface area contributed by atoms with Crippen LogP contribution in [0.3, 0.4) is 0 Å². The fourth-order valence-electron chi connectivity index (χ4n) is 4.33. The van der Waals surface area contributed by atoms with Gasteiger partial charge in [-0.1, -0.05) is 41.8 Å². The van der Waals surface area contributed by atoms with E-state index < -0.39 is 0 Å². The van der Waals surface area contributed by atoms with Gasteiger partial charge in [0.1, 0.15) is 5.82 Å². The van der Waals surface area contributed by atoms with Gasteiger partial charge in [0.15, 0.2) is 5.69 Å². The van der Waals surface area contributed by atoms with E-state index in [9.17, 15) is 9.18 Å². The highest BCUT2D eigenvalue weighted by Gasteiger charge is 2.30. The van der Waals surface area contributed by atoms with Crippen LogP contribution in [-0.2, 0) is 5.75 Å². The van der Waals surface area contributed by atoms with E-state index in [1.807, 2.05) is 17.2 Å². The predicted molar refractivity (Wildman–Crippen MR) is 137 cm³/mol. The number of thioether (sulfide) groups is 1. The van der Waals surface area contributed by atoms with Gasteiger partial charge in [0.2, 0.25) is 0 Å². The number of carbonyl (C=O) groups excluding carboxylic acids is 1. The maximum atomic E-state index is 13.4. The van der Waals surface area contributed by atoms with E-state index in [2.05, 4.69) is 5.43 Å². The Bertz CT molecular complexity index is 1250. The highest BCUT2D eigenvalue weighted by atomic mass is 35.5. The zero-order chi connectivity index (χ0) is 23.7. The molecule has 1 amide bonds. The summed E-state index contributed by atoms with van der Waals surface area (Å²) in [4.78, 5) is 13.3. The van der Waals surface area contributed by atoms with Gasteiger partial charge in [-0.05, 0) is 60.4 Å². The quantitative estimate of drug-likeness (QED) is 0.446. The maximum Gasteiger partial charge on any atom is 0.286 e. The molecule has 1 N–H and O–H groups in total. The lowest BCUT2D eigenvalue weighted by Crippen LogP contribution is -2.45. The molecule has 5 rings (SSSR count). The lowest BCUT2D eigenvalue weighted by Gasteiger charge is -2.26. The Hall–Kier alpha value is -2.32. The average molecular weight is 517 g/mol. The molecule has 9 heteroatoms. The van der Waals surface area contributed by atoms with E-state index in [1.165, 1.54) is 18.6 Å². The van der Waals surface area contributed by atoms with Crippen molar-refractivity contribution in [1.29, 1.82) is 0 Å². The SMILES string of the molecule is O=C(NN1CCCCC1)c1nn(-c2ccc(Cl)cc2Cl)c2c1CSC/C2=C\c1ccc(F)cc1. The summed E-state index contributed by atoms with van der Waals surface area (Å²) < 4.78 is 15.2. The maximum absolute atomic E-state index is 13.4. The van der Waals surface area contributed by atoms with Crippen LogP contribution in [-0.4, -0.2) is 39.5 Å². The Labute approximate surface area is 211 Å². The van der Waals surface area contributed by atoms with Crippen LogP contribution in [0, 0.1) is 5.82 Å². The number of carbonyl (C=O) groups is 1. The minimum Gasteiger partial charge on any atom is -0.283 e. The van der Waals surface area contributed by atoms with Crippen LogP contribution in [0.4, 0.5) is 4.39 Å². The summed E-state index contributed by atoms with van der Waals surface area (Å²) in [5.74, 6) is 0.888. The number of piperidine rings is 1. The lowest BCUT2D eigenvalue weighted by molar-refractivity contribution is 0.0743. The van der Waals surface area contributed by atoms with Gasteiger partial charge >= 0.3 is 0 Å². The van der Waals surface area contributed by atoms with Gasteiger partial charge < -0.3 is 0 Å². The Kier molecular flexibility index (Phi) is 6.97. The highest BCUT2D eigenvalue weighted by Crippen LogP contribution is 2.38. The van der Waals surface area contributed by atoms with Gasteiger partial charge in [0.25, 0.3) is 5.91 Å². The van der Waals surface area contributed by atoms with Crippen LogP contribution < -0.4 is 5.43 Å². The topological polar surface area (TPSA) is 50.2 Å². The van der Waals surface area contributed by atoms with E-state index in [0.717, 1.165) is 54.1 Å². The minimum atomic E-state index is -0.282. The smallest absolute Gasteiger partial charge is 0.283 e. The molecule has 1 aromatic heterocycles. The fourth-order valence-corrected chi connectivity index (χ4v) is 5.84. The number of nitrogens with one attached hydrogen (secondary N) is 1. The number of nitrogens with zero attached hydrogens (tertiary/aromatic N) is 3. The normalized spacial score (nSPS) is 17.6. The Balaban J connectivity index is 1.61. The summed E-state index contributed by atoms with van der Waals surface area (Å²) in [6, 6.07) is 11.6. The second-order valence-corrected chi connectivity index (χ2v) is 10.2. The second-order valence-electron chi connectivity index (χ2n) is 8.39. The summed E-state index contributed by atoms with van der Waals surface area (Å²) in [7, 11) is 0. The molecular weight excluding hydrogens is 494 g/mol. The molecule has 3 aromatic rings. The Morgan fingerprint density at radius 3 is 2.56 bits per heavy atom. The first-order valence-corrected chi connectivity index (χ1v) is 13.1. The van der Waals surface area contributed by atoms with Crippen molar-refractivity contribution in [3.8, 4) is 5.69 Å². The molecular formula is C25H23Cl2FN4OS. The first-order chi connectivity index (χ1) is 16.5. The third-order valence-electron chi connectivity index (χ3n) is 5.97. The highest BCUT2D eigenvalue weighted by molar-refractivity contribution is 7.99. The van der Waals surface area contributed by atoms with Gasteiger partial charge in [0, 0.05) is 35.2 Å². The number of aromatic nitrogens is 2. The molecule has 0 bridgehead atoms. The van der Waals surface area contributed by atoms with Crippen molar-refractivity contribution >= 4 is 52.5 Å². The number of rotatable bonds is 4. The van der Waals surface area contributed by atoms with E-state index in [0.29, 0.717) is 27.2 Å². The molecule has 1 fully saturated rings. The van der Waals surface area contributed by atoms with Crippen LogP contribution in [0.5, 0.6) is 0 Å². The van der Waals surface area contributed by atoms with Crippen LogP contribution in [0.15, 0.2) is 42.5 Å².